The van der Waals surface area contributed by atoms with Crippen LogP contribution in [-0.2, 0) is 4.79 Å². The Bertz CT molecular complexity index is 633. The lowest BCUT2D eigenvalue weighted by Crippen LogP contribution is -2.04. The van der Waals surface area contributed by atoms with Crippen LogP contribution in [0.3, 0.4) is 0 Å². The highest BCUT2D eigenvalue weighted by Crippen LogP contribution is 2.29. The van der Waals surface area contributed by atoms with Gasteiger partial charge in [0, 0.05) is 11.7 Å². The molecule has 0 fully saturated rings. The van der Waals surface area contributed by atoms with Crippen molar-refractivity contribution in [2.24, 2.45) is 0 Å². The number of hydrogen-bond acceptors (Lipinski definition) is 6. The third-order valence-electron chi connectivity index (χ3n) is 2.75. The van der Waals surface area contributed by atoms with E-state index in [1.807, 2.05) is 32.4 Å². The number of hydrogen-bond donors (Lipinski definition) is 1. The third-order valence-corrected chi connectivity index (χ3v) is 3.56. The van der Waals surface area contributed by atoms with E-state index in [1.54, 1.807) is 0 Å². The molecule has 0 saturated heterocycles. The standard InChI is InChI=1S/C12H16N4O3S/c1-6(2)16-8(4)10(7(3)15-16)11-13-14-12(19-11)20-5-9(17)18/h6H,5H2,1-4H3,(H,17,18). The average molecular weight is 296 g/mol. The third kappa shape index (κ3) is 2.84. The van der Waals surface area contributed by atoms with Gasteiger partial charge in [-0.25, -0.2) is 0 Å². The van der Waals surface area contributed by atoms with E-state index in [4.69, 9.17) is 9.52 Å². The fourth-order valence-electron chi connectivity index (χ4n) is 1.97. The van der Waals surface area contributed by atoms with Gasteiger partial charge in [0.25, 0.3) is 11.1 Å². The maximum Gasteiger partial charge on any atom is 0.314 e. The van der Waals surface area contributed by atoms with Gasteiger partial charge in [-0.05, 0) is 27.7 Å². The lowest BCUT2D eigenvalue weighted by atomic mass is 10.2. The van der Waals surface area contributed by atoms with Gasteiger partial charge in [-0.1, -0.05) is 11.8 Å². The number of thioether (sulfide) groups is 1. The first kappa shape index (κ1) is 14.6. The molecule has 0 amide bonds. The second-order valence-electron chi connectivity index (χ2n) is 4.64. The highest BCUT2D eigenvalue weighted by Gasteiger charge is 2.20. The Labute approximate surface area is 120 Å². The molecule has 2 rings (SSSR count). The molecular weight excluding hydrogens is 280 g/mol. The van der Waals surface area contributed by atoms with E-state index < -0.39 is 5.97 Å². The van der Waals surface area contributed by atoms with Gasteiger partial charge in [-0.15, -0.1) is 10.2 Å². The number of aryl methyl sites for hydroxylation is 1. The normalized spacial score (nSPS) is 11.2. The minimum Gasteiger partial charge on any atom is -0.481 e. The zero-order valence-electron chi connectivity index (χ0n) is 11.7. The van der Waals surface area contributed by atoms with Crippen LogP contribution in [0, 0.1) is 13.8 Å². The minimum absolute atomic E-state index is 0.106. The van der Waals surface area contributed by atoms with E-state index >= 15 is 0 Å². The SMILES string of the molecule is Cc1nn(C(C)C)c(C)c1-c1nnc(SCC(=O)O)o1. The molecule has 2 aromatic rings. The molecule has 0 aliphatic rings. The van der Waals surface area contributed by atoms with Gasteiger partial charge in [-0.3, -0.25) is 9.48 Å². The summed E-state index contributed by atoms with van der Waals surface area (Å²) < 4.78 is 7.40. The first-order valence-electron chi connectivity index (χ1n) is 6.14. The van der Waals surface area contributed by atoms with Gasteiger partial charge < -0.3 is 9.52 Å². The van der Waals surface area contributed by atoms with Gasteiger partial charge in [0.1, 0.15) is 5.75 Å². The van der Waals surface area contributed by atoms with Gasteiger partial charge in [0.2, 0.25) is 0 Å². The summed E-state index contributed by atoms with van der Waals surface area (Å²) in [5.74, 6) is -0.653. The Kier molecular flexibility index (Phi) is 4.12. The van der Waals surface area contributed by atoms with E-state index in [0.29, 0.717) is 5.89 Å². The Morgan fingerprint density at radius 1 is 1.40 bits per heavy atom. The Morgan fingerprint density at radius 3 is 2.65 bits per heavy atom. The number of aliphatic carboxylic acids is 1. The molecule has 0 aliphatic heterocycles. The summed E-state index contributed by atoms with van der Waals surface area (Å²) in [5, 5.41) is 21.2. The molecule has 0 radical (unpaired) electrons. The highest BCUT2D eigenvalue weighted by molar-refractivity contribution is 7.99. The van der Waals surface area contributed by atoms with Crippen molar-refractivity contribution in [1.82, 2.24) is 20.0 Å². The monoisotopic (exact) mass is 296 g/mol. The Hall–Kier alpha value is -1.83. The second-order valence-corrected chi connectivity index (χ2v) is 5.57. The maximum atomic E-state index is 10.5. The molecule has 108 valence electrons. The summed E-state index contributed by atoms with van der Waals surface area (Å²) in [6.45, 7) is 7.93. The van der Waals surface area contributed by atoms with Crippen molar-refractivity contribution in [3.8, 4) is 11.5 Å². The summed E-state index contributed by atoms with van der Waals surface area (Å²) in [6, 6.07) is 0.242. The molecule has 0 unspecified atom stereocenters. The van der Waals surface area contributed by atoms with Crippen molar-refractivity contribution in [2.75, 3.05) is 5.75 Å². The minimum atomic E-state index is -0.922. The lowest BCUT2D eigenvalue weighted by Gasteiger charge is -2.07. The molecule has 7 nitrogen and oxygen atoms in total. The lowest BCUT2D eigenvalue weighted by molar-refractivity contribution is -0.133. The molecule has 0 saturated carbocycles. The molecule has 0 aromatic carbocycles. The number of carboxylic acids is 1. The van der Waals surface area contributed by atoms with E-state index in [9.17, 15) is 4.79 Å². The van der Waals surface area contributed by atoms with Gasteiger partial charge in [0.05, 0.1) is 11.3 Å². The zero-order valence-corrected chi connectivity index (χ0v) is 12.6. The van der Waals surface area contributed by atoms with Crippen molar-refractivity contribution < 1.29 is 14.3 Å². The van der Waals surface area contributed by atoms with Crippen molar-refractivity contribution in [3.05, 3.63) is 11.4 Å². The van der Waals surface area contributed by atoms with Crippen LogP contribution in [-0.4, -0.2) is 36.8 Å². The molecule has 20 heavy (non-hydrogen) atoms. The molecule has 0 aliphatic carbocycles. The van der Waals surface area contributed by atoms with Crippen molar-refractivity contribution in [1.29, 1.82) is 0 Å². The largest absolute Gasteiger partial charge is 0.481 e. The summed E-state index contributed by atoms with van der Waals surface area (Å²) >= 11 is 1.00. The van der Waals surface area contributed by atoms with Crippen LogP contribution in [0.2, 0.25) is 0 Å². The van der Waals surface area contributed by atoms with Crippen LogP contribution < -0.4 is 0 Å². The van der Waals surface area contributed by atoms with Crippen LogP contribution in [0.25, 0.3) is 11.5 Å². The molecule has 2 aromatic heterocycles. The van der Waals surface area contributed by atoms with E-state index in [1.165, 1.54) is 0 Å². The van der Waals surface area contributed by atoms with Crippen molar-refractivity contribution in [3.63, 3.8) is 0 Å². The van der Waals surface area contributed by atoms with Gasteiger partial charge in [-0.2, -0.15) is 5.10 Å². The van der Waals surface area contributed by atoms with Crippen LogP contribution in [0.1, 0.15) is 31.3 Å². The number of rotatable bonds is 5. The fraction of sp³-hybridized carbons (Fsp3) is 0.500. The summed E-state index contributed by atoms with van der Waals surface area (Å²) in [5.41, 5.74) is 2.58. The number of carboxylic acid groups (broad SMARTS) is 1. The Morgan fingerprint density at radius 2 is 2.10 bits per heavy atom. The average Bonchev–Trinajstić information content (AvgIpc) is 2.91. The van der Waals surface area contributed by atoms with Crippen molar-refractivity contribution >= 4 is 17.7 Å². The zero-order chi connectivity index (χ0) is 14.9. The summed E-state index contributed by atoms with van der Waals surface area (Å²) in [6.07, 6.45) is 0. The first-order chi connectivity index (χ1) is 9.40. The predicted octanol–water partition coefficient (Wildman–Crippen LogP) is 2.31. The number of aromatic nitrogens is 4. The number of carbonyl (C=O) groups is 1. The summed E-state index contributed by atoms with van der Waals surface area (Å²) in [4.78, 5) is 10.5. The van der Waals surface area contributed by atoms with Crippen LogP contribution >= 0.6 is 11.8 Å². The van der Waals surface area contributed by atoms with E-state index in [-0.39, 0.29) is 17.0 Å². The highest BCUT2D eigenvalue weighted by atomic mass is 32.2. The number of nitrogens with zero attached hydrogens (tertiary/aromatic N) is 4. The fourth-order valence-corrected chi connectivity index (χ4v) is 2.45. The molecule has 0 atom stereocenters. The first-order valence-corrected chi connectivity index (χ1v) is 7.13. The molecule has 1 N–H and O–H groups in total. The molecule has 2 heterocycles. The topological polar surface area (TPSA) is 94.0 Å². The Balaban J connectivity index is 2.30. The predicted molar refractivity (Wildman–Crippen MR) is 73.7 cm³/mol. The van der Waals surface area contributed by atoms with Crippen LogP contribution in [0.4, 0.5) is 0 Å². The molecule has 0 bridgehead atoms. The smallest absolute Gasteiger partial charge is 0.314 e. The molecular formula is C12H16N4O3S. The van der Waals surface area contributed by atoms with Crippen LogP contribution in [0.5, 0.6) is 0 Å². The van der Waals surface area contributed by atoms with Crippen molar-refractivity contribution in [2.45, 2.75) is 39.0 Å². The van der Waals surface area contributed by atoms with Gasteiger partial charge >= 0.3 is 5.97 Å². The second kappa shape index (κ2) is 5.66. The molecule has 8 heteroatoms. The quantitative estimate of drug-likeness (QED) is 0.846. The van der Waals surface area contributed by atoms with E-state index in [2.05, 4.69) is 15.3 Å². The maximum absolute atomic E-state index is 10.5. The van der Waals surface area contributed by atoms with Crippen LogP contribution in [0.15, 0.2) is 9.64 Å². The van der Waals surface area contributed by atoms with Gasteiger partial charge in [0.15, 0.2) is 0 Å². The van der Waals surface area contributed by atoms with E-state index in [0.717, 1.165) is 28.7 Å². The molecule has 0 spiro atoms. The summed E-state index contributed by atoms with van der Waals surface area (Å²) in [7, 11) is 0.